The summed E-state index contributed by atoms with van der Waals surface area (Å²) >= 11 is 0. The summed E-state index contributed by atoms with van der Waals surface area (Å²) in [6.45, 7) is 12.2. The highest BCUT2D eigenvalue weighted by atomic mass is 16.5. The molecule has 0 spiro atoms. The summed E-state index contributed by atoms with van der Waals surface area (Å²) in [5.74, 6) is 1.93. The average molecular weight is 329 g/mol. The summed E-state index contributed by atoms with van der Waals surface area (Å²) in [6, 6.07) is 9.18. The summed E-state index contributed by atoms with van der Waals surface area (Å²) in [5, 5.41) is 0. The van der Waals surface area contributed by atoms with Gasteiger partial charge in [0.1, 0.15) is 5.75 Å². The predicted molar refractivity (Wildman–Crippen MR) is 99.8 cm³/mol. The molecule has 0 amide bonds. The molecule has 3 unspecified atom stereocenters. The number of fused-ring (bicyclic) bond motifs is 2. The molecule has 3 aliphatic rings. The lowest BCUT2D eigenvalue weighted by Gasteiger charge is -2.51. The first-order valence-electron chi connectivity index (χ1n) is 9.58. The molecule has 2 bridgehead atoms. The molecule has 1 saturated heterocycles. The number of para-hydroxylation sites is 2. The van der Waals surface area contributed by atoms with Crippen LogP contribution in [0.5, 0.6) is 5.75 Å². The van der Waals surface area contributed by atoms with E-state index in [1.54, 1.807) is 7.11 Å². The van der Waals surface area contributed by atoms with Gasteiger partial charge in [-0.15, -0.1) is 0 Å². The lowest BCUT2D eigenvalue weighted by atomic mass is 9.67. The van der Waals surface area contributed by atoms with E-state index in [-0.39, 0.29) is 0 Å². The highest BCUT2D eigenvalue weighted by molar-refractivity contribution is 5.58. The van der Waals surface area contributed by atoms with Crippen LogP contribution in [0.3, 0.4) is 0 Å². The van der Waals surface area contributed by atoms with Crippen LogP contribution in [0.15, 0.2) is 24.3 Å². The van der Waals surface area contributed by atoms with Crippen LogP contribution in [0.25, 0.3) is 0 Å². The van der Waals surface area contributed by atoms with Crippen LogP contribution in [0.4, 0.5) is 5.69 Å². The van der Waals surface area contributed by atoms with Crippen LogP contribution in [0, 0.1) is 16.7 Å². The minimum atomic E-state index is 0.472. The summed E-state index contributed by atoms with van der Waals surface area (Å²) in [5.41, 5.74) is 2.26. The highest BCUT2D eigenvalue weighted by Crippen LogP contribution is 2.64. The zero-order valence-corrected chi connectivity index (χ0v) is 15.7. The molecule has 1 aromatic carbocycles. The van der Waals surface area contributed by atoms with Gasteiger partial charge in [0.05, 0.1) is 12.8 Å². The number of hydrogen-bond donors (Lipinski definition) is 0. The quantitative estimate of drug-likeness (QED) is 0.833. The number of nitrogens with zero attached hydrogens (tertiary/aromatic N) is 2. The zero-order valence-electron chi connectivity index (χ0n) is 15.7. The molecule has 4 rings (SSSR count). The van der Waals surface area contributed by atoms with Gasteiger partial charge in [-0.05, 0) is 48.1 Å². The van der Waals surface area contributed by atoms with Gasteiger partial charge in [-0.3, -0.25) is 4.90 Å². The predicted octanol–water partition coefficient (Wildman–Crippen LogP) is 4.03. The number of benzene rings is 1. The van der Waals surface area contributed by atoms with Crippen molar-refractivity contribution in [3.63, 3.8) is 0 Å². The Bertz CT molecular complexity index is 601. The Hall–Kier alpha value is -1.22. The third-order valence-electron chi connectivity index (χ3n) is 7.30. The van der Waals surface area contributed by atoms with Gasteiger partial charge >= 0.3 is 0 Å². The minimum absolute atomic E-state index is 0.472. The van der Waals surface area contributed by atoms with E-state index in [9.17, 15) is 0 Å². The Morgan fingerprint density at radius 3 is 2.38 bits per heavy atom. The molecule has 1 aromatic rings. The first-order valence-corrected chi connectivity index (χ1v) is 9.58. The zero-order chi connectivity index (χ0) is 16.9. The van der Waals surface area contributed by atoms with E-state index < -0.39 is 0 Å². The maximum atomic E-state index is 5.56. The Labute approximate surface area is 147 Å². The normalized spacial score (nSPS) is 35.4. The molecule has 3 fully saturated rings. The Balaban J connectivity index is 1.49. The van der Waals surface area contributed by atoms with Crippen LogP contribution in [0.2, 0.25) is 0 Å². The maximum absolute atomic E-state index is 5.56. The van der Waals surface area contributed by atoms with Crippen molar-refractivity contribution >= 4 is 5.69 Å². The van der Waals surface area contributed by atoms with E-state index in [1.165, 1.54) is 38.0 Å². The molecule has 0 N–H and O–H groups in total. The number of hydrogen-bond acceptors (Lipinski definition) is 3. The SMILES string of the molecule is COc1ccccc1N1CCN(C2C3(C)CCC(C3)C2(C)C)CC1. The fraction of sp³-hybridized carbons (Fsp3) is 0.714. The molecular weight excluding hydrogens is 296 g/mol. The maximum Gasteiger partial charge on any atom is 0.142 e. The second kappa shape index (κ2) is 5.66. The third-order valence-corrected chi connectivity index (χ3v) is 7.30. The van der Waals surface area contributed by atoms with Gasteiger partial charge in [0, 0.05) is 32.2 Å². The van der Waals surface area contributed by atoms with E-state index in [0.29, 0.717) is 10.8 Å². The molecule has 1 aliphatic heterocycles. The number of ether oxygens (including phenoxy) is 1. The second-order valence-electron chi connectivity index (χ2n) is 9.01. The molecule has 3 nitrogen and oxygen atoms in total. The van der Waals surface area contributed by atoms with Crippen molar-refractivity contribution in [2.45, 2.75) is 46.1 Å². The molecule has 1 heterocycles. The van der Waals surface area contributed by atoms with Gasteiger partial charge in [0.25, 0.3) is 0 Å². The number of anilines is 1. The molecule has 2 saturated carbocycles. The molecule has 3 atom stereocenters. The lowest BCUT2D eigenvalue weighted by Crippen LogP contribution is -2.58. The van der Waals surface area contributed by atoms with Gasteiger partial charge in [-0.2, -0.15) is 0 Å². The van der Waals surface area contributed by atoms with E-state index >= 15 is 0 Å². The topological polar surface area (TPSA) is 15.7 Å². The first kappa shape index (κ1) is 16.3. The van der Waals surface area contributed by atoms with Crippen LogP contribution in [-0.4, -0.2) is 44.2 Å². The Morgan fingerprint density at radius 2 is 1.75 bits per heavy atom. The average Bonchev–Trinajstić information content (AvgIpc) is 3.06. The second-order valence-corrected chi connectivity index (χ2v) is 9.01. The van der Waals surface area contributed by atoms with E-state index in [2.05, 4.69) is 54.8 Å². The molecule has 3 heteroatoms. The summed E-state index contributed by atoms with van der Waals surface area (Å²) in [4.78, 5) is 5.31. The fourth-order valence-electron chi connectivity index (χ4n) is 6.30. The van der Waals surface area contributed by atoms with E-state index in [0.717, 1.165) is 30.8 Å². The molecule has 2 aliphatic carbocycles. The first-order chi connectivity index (χ1) is 11.5. The summed E-state index contributed by atoms with van der Waals surface area (Å²) in [7, 11) is 1.77. The van der Waals surface area contributed by atoms with Gasteiger partial charge < -0.3 is 9.64 Å². The monoisotopic (exact) mass is 328 g/mol. The van der Waals surface area contributed by atoms with Crippen molar-refractivity contribution in [3.8, 4) is 5.75 Å². The van der Waals surface area contributed by atoms with Crippen molar-refractivity contribution in [1.29, 1.82) is 0 Å². The van der Waals surface area contributed by atoms with Crippen molar-refractivity contribution in [2.75, 3.05) is 38.2 Å². The molecule has 0 radical (unpaired) electrons. The van der Waals surface area contributed by atoms with Gasteiger partial charge in [0.2, 0.25) is 0 Å². The van der Waals surface area contributed by atoms with Gasteiger partial charge in [-0.25, -0.2) is 0 Å². The lowest BCUT2D eigenvalue weighted by molar-refractivity contribution is 0.000717. The van der Waals surface area contributed by atoms with Crippen LogP contribution < -0.4 is 9.64 Å². The molecule has 0 aromatic heterocycles. The van der Waals surface area contributed by atoms with Gasteiger partial charge in [0.15, 0.2) is 0 Å². The smallest absolute Gasteiger partial charge is 0.142 e. The third kappa shape index (κ3) is 2.35. The van der Waals surface area contributed by atoms with Crippen molar-refractivity contribution in [1.82, 2.24) is 4.90 Å². The van der Waals surface area contributed by atoms with Crippen LogP contribution >= 0.6 is 0 Å². The fourth-order valence-corrected chi connectivity index (χ4v) is 6.30. The van der Waals surface area contributed by atoms with Crippen molar-refractivity contribution < 1.29 is 4.74 Å². The molecule has 132 valence electrons. The molecular formula is C21H32N2O. The Kier molecular flexibility index (Phi) is 3.83. The standard InChI is InChI=1S/C21H32N2O/c1-20(2)16-9-10-21(3,15-16)19(20)23-13-11-22(12-14-23)17-7-5-6-8-18(17)24-4/h5-8,16,19H,9-15H2,1-4H3. The van der Waals surface area contributed by atoms with Crippen LogP contribution in [-0.2, 0) is 0 Å². The Morgan fingerprint density at radius 1 is 1.04 bits per heavy atom. The van der Waals surface area contributed by atoms with Crippen LogP contribution in [0.1, 0.15) is 40.0 Å². The minimum Gasteiger partial charge on any atom is -0.495 e. The van der Waals surface area contributed by atoms with E-state index in [4.69, 9.17) is 4.74 Å². The molecule has 24 heavy (non-hydrogen) atoms. The van der Waals surface area contributed by atoms with E-state index in [1.807, 2.05) is 0 Å². The highest BCUT2D eigenvalue weighted by Gasteiger charge is 2.61. The number of piperazine rings is 1. The number of methoxy groups -OCH3 is 1. The summed E-state index contributed by atoms with van der Waals surface area (Å²) in [6.07, 6.45) is 4.32. The number of rotatable bonds is 3. The van der Waals surface area contributed by atoms with Crippen molar-refractivity contribution in [2.24, 2.45) is 16.7 Å². The largest absolute Gasteiger partial charge is 0.495 e. The van der Waals surface area contributed by atoms with Gasteiger partial charge in [-0.1, -0.05) is 32.9 Å². The summed E-state index contributed by atoms with van der Waals surface area (Å²) < 4.78 is 5.56. The van der Waals surface area contributed by atoms with Crippen molar-refractivity contribution in [3.05, 3.63) is 24.3 Å².